The fourth-order valence-corrected chi connectivity index (χ4v) is 4.65. The van der Waals surface area contributed by atoms with Gasteiger partial charge in [0, 0.05) is 43.5 Å². The van der Waals surface area contributed by atoms with Crippen LogP contribution in [0.2, 0.25) is 0 Å². The molecule has 0 unspecified atom stereocenters. The van der Waals surface area contributed by atoms with Crippen LogP contribution in [0.15, 0.2) is 36.7 Å². The Kier molecular flexibility index (Phi) is 4.21. The minimum absolute atomic E-state index is 0.290. The summed E-state index contributed by atoms with van der Waals surface area (Å²) in [5.74, 6) is 1.15. The Morgan fingerprint density at radius 3 is 2.64 bits per heavy atom. The number of nitrogens with zero attached hydrogens (tertiary/aromatic N) is 3. The Bertz CT molecular complexity index is 730. The summed E-state index contributed by atoms with van der Waals surface area (Å²) in [6, 6.07) is 8.42. The third-order valence-corrected chi connectivity index (χ3v) is 5.95. The largest absolute Gasteiger partial charge is 0.385 e. The van der Waals surface area contributed by atoms with Gasteiger partial charge in [-0.25, -0.2) is 9.97 Å². The standard InChI is InChI=1S/C20H26N4O/c1-14-4-6-17(7-5-14)20(25)8-2-3-16-12-24(13-18(16)20)11-15-9-22-19(21)23-10-15/h4-7,9-10,16,18,25H,2-3,8,11-13H2,1H3,(H2,21,22,23)/t16-,18-,20-/m0/s1. The molecule has 5 heteroatoms. The van der Waals surface area contributed by atoms with Gasteiger partial charge in [0.05, 0.1) is 5.60 Å². The number of hydrogen-bond donors (Lipinski definition) is 2. The van der Waals surface area contributed by atoms with Crippen LogP contribution in [0.5, 0.6) is 0 Å². The Morgan fingerprint density at radius 2 is 1.92 bits per heavy atom. The average Bonchev–Trinajstić information content (AvgIpc) is 3.02. The predicted octanol–water partition coefficient (Wildman–Crippen LogP) is 2.49. The molecule has 2 aromatic rings. The lowest BCUT2D eigenvalue weighted by Gasteiger charge is -2.41. The highest BCUT2D eigenvalue weighted by atomic mass is 16.3. The number of rotatable bonds is 3. The number of fused-ring (bicyclic) bond motifs is 1. The van der Waals surface area contributed by atoms with Crippen molar-refractivity contribution in [2.24, 2.45) is 11.8 Å². The average molecular weight is 338 g/mol. The van der Waals surface area contributed by atoms with Gasteiger partial charge >= 0.3 is 0 Å². The van der Waals surface area contributed by atoms with E-state index in [1.165, 1.54) is 12.0 Å². The summed E-state index contributed by atoms with van der Waals surface area (Å²) in [6.07, 6.45) is 6.75. The SMILES string of the molecule is Cc1ccc([C@@]2(O)CCC[C@H]3CN(Cc4cnc(N)nc4)C[C@@H]32)cc1. The summed E-state index contributed by atoms with van der Waals surface area (Å²) in [4.78, 5) is 10.6. The first-order chi connectivity index (χ1) is 12.0. The van der Waals surface area contributed by atoms with Gasteiger partial charge in [-0.3, -0.25) is 4.90 Å². The van der Waals surface area contributed by atoms with E-state index < -0.39 is 5.60 Å². The Balaban J connectivity index is 1.53. The molecule has 2 aliphatic rings. The number of nitrogen functional groups attached to an aromatic ring is 1. The molecule has 0 spiro atoms. The zero-order valence-corrected chi connectivity index (χ0v) is 14.7. The zero-order chi connectivity index (χ0) is 17.4. The van der Waals surface area contributed by atoms with Crippen LogP contribution in [0, 0.1) is 18.8 Å². The van der Waals surface area contributed by atoms with E-state index in [9.17, 15) is 5.11 Å². The molecule has 2 heterocycles. The minimum atomic E-state index is -0.705. The van der Waals surface area contributed by atoms with Crippen molar-refractivity contribution in [3.8, 4) is 0 Å². The van der Waals surface area contributed by atoms with Gasteiger partial charge in [0.15, 0.2) is 0 Å². The van der Waals surface area contributed by atoms with E-state index in [4.69, 9.17) is 5.73 Å². The van der Waals surface area contributed by atoms with Crippen molar-refractivity contribution in [2.45, 2.75) is 38.3 Å². The molecule has 25 heavy (non-hydrogen) atoms. The zero-order valence-electron chi connectivity index (χ0n) is 14.7. The molecule has 1 saturated heterocycles. The molecule has 1 aliphatic carbocycles. The topological polar surface area (TPSA) is 75.3 Å². The van der Waals surface area contributed by atoms with Gasteiger partial charge < -0.3 is 10.8 Å². The predicted molar refractivity (Wildman–Crippen MR) is 97.6 cm³/mol. The van der Waals surface area contributed by atoms with Crippen LogP contribution < -0.4 is 5.73 Å². The monoisotopic (exact) mass is 338 g/mol. The first-order valence-electron chi connectivity index (χ1n) is 9.13. The van der Waals surface area contributed by atoms with Gasteiger partial charge in [-0.15, -0.1) is 0 Å². The molecular formula is C20H26N4O. The number of likely N-dealkylation sites (tertiary alicyclic amines) is 1. The van der Waals surface area contributed by atoms with Crippen molar-refractivity contribution >= 4 is 5.95 Å². The van der Waals surface area contributed by atoms with E-state index in [1.54, 1.807) is 12.4 Å². The van der Waals surface area contributed by atoms with E-state index >= 15 is 0 Å². The number of benzene rings is 1. The van der Waals surface area contributed by atoms with Gasteiger partial charge in [-0.05, 0) is 37.7 Å². The van der Waals surface area contributed by atoms with Crippen LogP contribution in [-0.2, 0) is 12.1 Å². The second kappa shape index (κ2) is 6.39. The molecule has 0 bridgehead atoms. The van der Waals surface area contributed by atoms with Gasteiger partial charge in [-0.2, -0.15) is 0 Å². The first kappa shape index (κ1) is 16.5. The Hall–Kier alpha value is -1.98. The van der Waals surface area contributed by atoms with Crippen molar-refractivity contribution in [3.05, 3.63) is 53.3 Å². The van der Waals surface area contributed by atoms with Crippen molar-refractivity contribution in [1.82, 2.24) is 14.9 Å². The lowest BCUT2D eigenvalue weighted by atomic mass is 9.67. The summed E-state index contributed by atoms with van der Waals surface area (Å²) in [7, 11) is 0. The molecule has 3 N–H and O–H groups in total. The van der Waals surface area contributed by atoms with Crippen LogP contribution >= 0.6 is 0 Å². The number of nitrogens with two attached hydrogens (primary N) is 1. The Labute approximate surface area is 148 Å². The maximum Gasteiger partial charge on any atom is 0.219 e. The van der Waals surface area contributed by atoms with Gasteiger partial charge in [0.2, 0.25) is 5.95 Å². The fraction of sp³-hybridized carbons (Fsp3) is 0.500. The smallest absolute Gasteiger partial charge is 0.219 e. The molecule has 1 aromatic carbocycles. The molecule has 1 aromatic heterocycles. The Morgan fingerprint density at radius 1 is 1.20 bits per heavy atom. The summed E-state index contributed by atoms with van der Waals surface area (Å²) < 4.78 is 0. The summed E-state index contributed by atoms with van der Waals surface area (Å²) >= 11 is 0. The van der Waals surface area contributed by atoms with Crippen molar-refractivity contribution in [3.63, 3.8) is 0 Å². The van der Waals surface area contributed by atoms with E-state index in [2.05, 4.69) is 46.1 Å². The van der Waals surface area contributed by atoms with Crippen molar-refractivity contribution in [2.75, 3.05) is 18.8 Å². The quantitative estimate of drug-likeness (QED) is 0.899. The number of aryl methyl sites for hydroxylation is 1. The van der Waals surface area contributed by atoms with E-state index in [0.29, 0.717) is 17.8 Å². The molecule has 3 atom stereocenters. The molecule has 1 saturated carbocycles. The summed E-state index contributed by atoms with van der Waals surface area (Å²) in [6.45, 7) is 4.85. The molecule has 0 radical (unpaired) electrons. The summed E-state index contributed by atoms with van der Waals surface area (Å²) in [5.41, 5.74) is 8.25. The third kappa shape index (κ3) is 3.14. The van der Waals surface area contributed by atoms with E-state index in [1.807, 2.05) is 0 Å². The maximum atomic E-state index is 11.6. The second-order valence-electron chi connectivity index (χ2n) is 7.69. The number of aromatic nitrogens is 2. The highest BCUT2D eigenvalue weighted by Crippen LogP contribution is 2.48. The van der Waals surface area contributed by atoms with Crippen LogP contribution in [0.3, 0.4) is 0 Å². The van der Waals surface area contributed by atoms with Crippen LogP contribution in [0.1, 0.15) is 36.0 Å². The van der Waals surface area contributed by atoms with Gasteiger partial charge in [0.1, 0.15) is 0 Å². The van der Waals surface area contributed by atoms with Crippen molar-refractivity contribution in [1.29, 1.82) is 0 Å². The minimum Gasteiger partial charge on any atom is -0.385 e. The van der Waals surface area contributed by atoms with Crippen molar-refractivity contribution < 1.29 is 5.11 Å². The number of hydrogen-bond acceptors (Lipinski definition) is 5. The van der Waals surface area contributed by atoms with Gasteiger partial charge in [0.25, 0.3) is 0 Å². The maximum absolute atomic E-state index is 11.6. The fourth-order valence-electron chi connectivity index (χ4n) is 4.65. The number of aliphatic hydroxyl groups is 1. The molecule has 4 rings (SSSR count). The number of anilines is 1. The highest BCUT2D eigenvalue weighted by molar-refractivity contribution is 5.29. The first-order valence-corrected chi connectivity index (χ1v) is 9.13. The molecule has 1 aliphatic heterocycles. The van der Waals surface area contributed by atoms with Gasteiger partial charge in [-0.1, -0.05) is 29.8 Å². The van der Waals surface area contributed by atoms with E-state index in [-0.39, 0.29) is 0 Å². The highest BCUT2D eigenvalue weighted by Gasteiger charge is 2.49. The van der Waals surface area contributed by atoms with E-state index in [0.717, 1.165) is 43.6 Å². The molecule has 5 nitrogen and oxygen atoms in total. The lowest BCUT2D eigenvalue weighted by Crippen LogP contribution is -2.42. The molecule has 132 valence electrons. The third-order valence-electron chi connectivity index (χ3n) is 5.95. The van der Waals surface area contributed by atoms with Crippen LogP contribution in [0.4, 0.5) is 5.95 Å². The normalized spacial score (nSPS) is 29.5. The molecule has 0 amide bonds. The summed E-state index contributed by atoms with van der Waals surface area (Å²) in [5, 5.41) is 11.6. The van der Waals surface area contributed by atoms with Crippen LogP contribution in [0.25, 0.3) is 0 Å². The van der Waals surface area contributed by atoms with Crippen LogP contribution in [-0.4, -0.2) is 33.1 Å². The lowest BCUT2D eigenvalue weighted by molar-refractivity contribution is -0.0648. The molecular weight excluding hydrogens is 312 g/mol. The second-order valence-corrected chi connectivity index (χ2v) is 7.69. The molecule has 2 fully saturated rings.